The van der Waals surface area contributed by atoms with Crippen LogP contribution in [0.15, 0.2) is 0 Å². The SMILES string of the molecule is CCOC1OC(COCCCNC(=O)CC)C(O)C(O)C1O. The number of ether oxygens (including phenoxy) is 3. The van der Waals surface area contributed by atoms with Crippen LogP contribution in [0.1, 0.15) is 26.7 Å². The molecule has 0 saturated carbocycles. The van der Waals surface area contributed by atoms with Gasteiger partial charge in [0.15, 0.2) is 6.29 Å². The highest BCUT2D eigenvalue weighted by atomic mass is 16.7. The second-order valence-corrected chi connectivity index (χ2v) is 5.10. The summed E-state index contributed by atoms with van der Waals surface area (Å²) in [7, 11) is 0. The van der Waals surface area contributed by atoms with Crippen LogP contribution in [0.5, 0.6) is 0 Å². The van der Waals surface area contributed by atoms with Gasteiger partial charge >= 0.3 is 0 Å². The van der Waals surface area contributed by atoms with E-state index in [1.54, 1.807) is 13.8 Å². The maximum atomic E-state index is 11.0. The van der Waals surface area contributed by atoms with Crippen molar-refractivity contribution in [3.05, 3.63) is 0 Å². The van der Waals surface area contributed by atoms with Crippen molar-refractivity contribution in [2.24, 2.45) is 0 Å². The molecule has 4 N–H and O–H groups in total. The summed E-state index contributed by atoms with van der Waals surface area (Å²) < 4.78 is 16.0. The quantitative estimate of drug-likeness (QED) is 0.393. The number of carbonyl (C=O) groups excluding carboxylic acids is 1. The monoisotopic (exact) mass is 321 g/mol. The van der Waals surface area contributed by atoms with E-state index in [0.717, 1.165) is 0 Å². The highest BCUT2D eigenvalue weighted by Gasteiger charge is 2.44. The predicted octanol–water partition coefficient (Wildman–Crippen LogP) is -1.24. The third kappa shape index (κ3) is 5.79. The Hall–Kier alpha value is -0.770. The molecule has 5 atom stereocenters. The van der Waals surface area contributed by atoms with Crippen LogP contribution < -0.4 is 5.32 Å². The molecule has 0 bridgehead atoms. The Morgan fingerprint density at radius 3 is 2.55 bits per heavy atom. The highest BCUT2D eigenvalue weighted by molar-refractivity contribution is 5.75. The molecule has 130 valence electrons. The van der Waals surface area contributed by atoms with Crippen molar-refractivity contribution >= 4 is 5.91 Å². The van der Waals surface area contributed by atoms with E-state index in [0.29, 0.717) is 32.6 Å². The molecule has 8 heteroatoms. The van der Waals surface area contributed by atoms with E-state index in [4.69, 9.17) is 14.2 Å². The first-order valence-electron chi connectivity index (χ1n) is 7.66. The average molecular weight is 321 g/mol. The summed E-state index contributed by atoms with van der Waals surface area (Å²) in [4.78, 5) is 11.0. The Kier molecular flexibility index (Phi) is 8.84. The summed E-state index contributed by atoms with van der Waals surface area (Å²) in [5.41, 5.74) is 0. The molecule has 0 aliphatic carbocycles. The minimum absolute atomic E-state index is 0.0114. The van der Waals surface area contributed by atoms with E-state index in [-0.39, 0.29) is 12.5 Å². The smallest absolute Gasteiger partial charge is 0.219 e. The third-order valence-electron chi connectivity index (χ3n) is 3.39. The maximum Gasteiger partial charge on any atom is 0.219 e. The van der Waals surface area contributed by atoms with E-state index >= 15 is 0 Å². The molecule has 1 amide bonds. The van der Waals surface area contributed by atoms with Gasteiger partial charge in [0, 0.05) is 26.2 Å². The number of rotatable bonds is 9. The fourth-order valence-corrected chi connectivity index (χ4v) is 2.08. The Balaban J connectivity index is 2.27. The lowest BCUT2D eigenvalue weighted by molar-refractivity contribution is -0.301. The minimum Gasteiger partial charge on any atom is -0.387 e. The standard InChI is InChI=1S/C14H27NO7/c1-3-10(16)15-6-5-7-20-8-9-11(17)12(18)13(19)14(22-9)21-4-2/h9,11-14,17-19H,3-8H2,1-2H3,(H,15,16). The van der Waals surface area contributed by atoms with E-state index < -0.39 is 30.7 Å². The summed E-state index contributed by atoms with van der Waals surface area (Å²) >= 11 is 0. The van der Waals surface area contributed by atoms with E-state index in [1.807, 2.05) is 0 Å². The Morgan fingerprint density at radius 2 is 1.91 bits per heavy atom. The lowest BCUT2D eigenvalue weighted by atomic mass is 9.99. The Morgan fingerprint density at radius 1 is 1.18 bits per heavy atom. The molecule has 1 fully saturated rings. The summed E-state index contributed by atoms with van der Waals surface area (Å²) in [5.74, 6) is -0.0114. The Labute approximate surface area is 130 Å². The number of aliphatic hydroxyl groups is 3. The molecule has 0 aromatic heterocycles. The largest absolute Gasteiger partial charge is 0.387 e. The predicted molar refractivity (Wildman–Crippen MR) is 77.0 cm³/mol. The first kappa shape index (κ1) is 19.3. The van der Waals surface area contributed by atoms with Gasteiger partial charge < -0.3 is 34.8 Å². The van der Waals surface area contributed by atoms with Crippen LogP contribution in [-0.2, 0) is 19.0 Å². The molecule has 0 aromatic rings. The fourth-order valence-electron chi connectivity index (χ4n) is 2.08. The van der Waals surface area contributed by atoms with Gasteiger partial charge in [0.2, 0.25) is 5.91 Å². The van der Waals surface area contributed by atoms with Gasteiger partial charge in [0.05, 0.1) is 6.61 Å². The zero-order valence-corrected chi connectivity index (χ0v) is 13.1. The molecular weight excluding hydrogens is 294 g/mol. The van der Waals surface area contributed by atoms with Gasteiger partial charge in [-0.2, -0.15) is 0 Å². The molecule has 0 radical (unpaired) electrons. The van der Waals surface area contributed by atoms with Crippen LogP contribution in [0.25, 0.3) is 0 Å². The van der Waals surface area contributed by atoms with Crippen molar-refractivity contribution in [1.82, 2.24) is 5.32 Å². The summed E-state index contributed by atoms with van der Waals surface area (Å²) in [5, 5.41) is 32.1. The van der Waals surface area contributed by atoms with E-state index in [9.17, 15) is 20.1 Å². The van der Waals surface area contributed by atoms with Crippen molar-refractivity contribution in [1.29, 1.82) is 0 Å². The first-order valence-corrected chi connectivity index (χ1v) is 7.66. The molecule has 1 aliphatic heterocycles. The fraction of sp³-hybridized carbons (Fsp3) is 0.929. The number of aliphatic hydroxyl groups excluding tert-OH is 3. The zero-order valence-electron chi connectivity index (χ0n) is 13.1. The molecule has 1 saturated heterocycles. The molecule has 8 nitrogen and oxygen atoms in total. The molecule has 1 rings (SSSR count). The minimum atomic E-state index is -1.34. The van der Waals surface area contributed by atoms with Crippen LogP contribution >= 0.6 is 0 Å². The van der Waals surface area contributed by atoms with Crippen LogP contribution in [-0.4, -0.2) is 78.3 Å². The van der Waals surface area contributed by atoms with Gasteiger partial charge in [0.1, 0.15) is 24.4 Å². The van der Waals surface area contributed by atoms with Crippen LogP contribution in [0.3, 0.4) is 0 Å². The van der Waals surface area contributed by atoms with Gasteiger partial charge in [-0.3, -0.25) is 4.79 Å². The zero-order chi connectivity index (χ0) is 16.5. The second-order valence-electron chi connectivity index (χ2n) is 5.10. The molecule has 1 heterocycles. The van der Waals surface area contributed by atoms with Crippen molar-refractivity contribution in [3.8, 4) is 0 Å². The van der Waals surface area contributed by atoms with Gasteiger partial charge in [-0.15, -0.1) is 0 Å². The lowest BCUT2D eigenvalue weighted by Gasteiger charge is -2.40. The second kappa shape index (κ2) is 10.1. The maximum absolute atomic E-state index is 11.0. The lowest BCUT2D eigenvalue weighted by Crippen LogP contribution is -2.59. The number of amides is 1. The molecular formula is C14H27NO7. The van der Waals surface area contributed by atoms with Gasteiger partial charge in [0.25, 0.3) is 0 Å². The molecule has 5 unspecified atom stereocenters. The summed E-state index contributed by atoms with van der Waals surface area (Å²) in [6, 6.07) is 0. The van der Waals surface area contributed by atoms with Gasteiger partial charge in [-0.1, -0.05) is 6.92 Å². The first-order chi connectivity index (χ1) is 10.5. The summed E-state index contributed by atoms with van der Waals surface area (Å²) in [6.07, 6.45) is -4.57. The normalized spacial score (nSPS) is 32.0. The molecule has 1 aliphatic rings. The van der Waals surface area contributed by atoms with Crippen LogP contribution in [0, 0.1) is 0 Å². The number of hydrogen-bond acceptors (Lipinski definition) is 7. The topological polar surface area (TPSA) is 117 Å². The van der Waals surface area contributed by atoms with Crippen molar-refractivity contribution in [2.75, 3.05) is 26.4 Å². The van der Waals surface area contributed by atoms with E-state index in [2.05, 4.69) is 5.32 Å². The van der Waals surface area contributed by atoms with Gasteiger partial charge in [-0.25, -0.2) is 0 Å². The van der Waals surface area contributed by atoms with Crippen LogP contribution in [0.2, 0.25) is 0 Å². The highest BCUT2D eigenvalue weighted by Crippen LogP contribution is 2.22. The molecule has 22 heavy (non-hydrogen) atoms. The third-order valence-corrected chi connectivity index (χ3v) is 3.39. The number of hydrogen-bond donors (Lipinski definition) is 4. The van der Waals surface area contributed by atoms with E-state index in [1.165, 1.54) is 0 Å². The molecule has 0 aromatic carbocycles. The average Bonchev–Trinajstić information content (AvgIpc) is 2.52. The van der Waals surface area contributed by atoms with Gasteiger partial charge in [-0.05, 0) is 13.3 Å². The van der Waals surface area contributed by atoms with Crippen molar-refractivity contribution in [2.45, 2.75) is 57.4 Å². The Bertz CT molecular complexity index is 328. The summed E-state index contributed by atoms with van der Waals surface area (Å²) in [6.45, 7) is 4.80. The van der Waals surface area contributed by atoms with Crippen LogP contribution in [0.4, 0.5) is 0 Å². The number of carbonyl (C=O) groups is 1. The van der Waals surface area contributed by atoms with Crippen molar-refractivity contribution < 1.29 is 34.3 Å². The van der Waals surface area contributed by atoms with Crippen molar-refractivity contribution in [3.63, 3.8) is 0 Å². The molecule has 0 spiro atoms. The number of nitrogens with one attached hydrogen (secondary N) is 1.